The fraction of sp³-hybridized carbons (Fsp3) is 0.630. The van der Waals surface area contributed by atoms with Gasteiger partial charge in [0.2, 0.25) is 5.91 Å². The topological polar surface area (TPSA) is 69.6 Å². The molecule has 0 aliphatic carbocycles. The molecular formula is C27H40FN5O2S. The van der Waals surface area contributed by atoms with Crippen LogP contribution in [0.25, 0.3) is 0 Å². The van der Waals surface area contributed by atoms with Crippen molar-refractivity contribution in [3.05, 3.63) is 40.2 Å². The normalized spacial score (nSPS) is 16.1. The Bertz CT molecular complexity index is 1030. The predicted octanol–water partition coefficient (Wildman–Crippen LogP) is 5.01. The third-order valence-electron chi connectivity index (χ3n) is 6.33. The quantitative estimate of drug-likeness (QED) is 0.539. The molecule has 0 unspecified atom stereocenters. The van der Waals surface area contributed by atoms with Gasteiger partial charge in [-0.3, -0.25) is 9.59 Å². The van der Waals surface area contributed by atoms with Crippen molar-refractivity contribution in [1.82, 2.24) is 19.4 Å². The van der Waals surface area contributed by atoms with Crippen molar-refractivity contribution in [2.45, 2.75) is 66.8 Å². The number of hydrogen-bond donors (Lipinski definition) is 0. The first-order valence-electron chi connectivity index (χ1n) is 13.1. The van der Waals surface area contributed by atoms with Gasteiger partial charge in [0, 0.05) is 38.3 Å². The van der Waals surface area contributed by atoms with Crippen molar-refractivity contribution in [1.29, 1.82) is 0 Å². The molecule has 1 aromatic heterocycles. The van der Waals surface area contributed by atoms with Crippen LogP contribution < -0.4 is 4.90 Å². The molecule has 0 atom stereocenters. The molecule has 2 aromatic rings. The molecule has 2 amide bonds. The van der Waals surface area contributed by atoms with E-state index in [2.05, 4.69) is 28.3 Å². The minimum absolute atomic E-state index is 0.0307. The summed E-state index contributed by atoms with van der Waals surface area (Å²) >= 11 is 1.11. The van der Waals surface area contributed by atoms with Gasteiger partial charge < -0.3 is 14.7 Å². The van der Waals surface area contributed by atoms with Gasteiger partial charge in [-0.2, -0.15) is 0 Å². The highest BCUT2D eigenvalue weighted by molar-refractivity contribution is 7.08. The molecule has 1 aromatic carbocycles. The van der Waals surface area contributed by atoms with E-state index in [4.69, 9.17) is 0 Å². The van der Waals surface area contributed by atoms with Gasteiger partial charge in [-0.1, -0.05) is 39.1 Å². The van der Waals surface area contributed by atoms with E-state index in [-0.39, 0.29) is 30.1 Å². The van der Waals surface area contributed by atoms with Crippen LogP contribution in [0, 0.1) is 17.7 Å². The molecule has 0 spiro atoms. The molecule has 3 rings (SSSR count). The van der Waals surface area contributed by atoms with Crippen LogP contribution in [0.15, 0.2) is 18.2 Å². The average molecular weight is 518 g/mol. The summed E-state index contributed by atoms with van der Waals surface area (Å²) < 4.78 is 18.5. The fourth-order valence-corrected chi connectivity index (χ4v) is 5.45. The standard InChI is InChI=1S/C27H40FN5O2S/c1-6-23-26(36-30-29-23)27(35)32-13-7-11-31(17-20(4)5)12-8-14-33(25(34)15-19(2)3)24-10-9-22(28)16-21(24)18-32/h9-10,16,19-20H,6-8,11-15,17-18H2,1-5H3. The number of carbonyl (C=O) groups is 2. The monoisotopic (exact) mass is 517 g/mol. The van der Waals surface area contributed by atoms with Gasteiger partial charge in [0.05, 0.1) is 5.69 Å². The van der Waals surface area contributed by atoms with Crippen molar-refractivity contribution in [3.8, 4) is 0 Å². The molecule has 1 aliphatic rings. The SMILES string of the molecule is CCc1nnsc1C(=O)N1CCCN(CC(C)C)CCCN(C(=O)CC(C)C)c2ccc(F)cc2C1. The van der Waals surface area contributed by atoms with E-state index in [0.717, 1.165) is 44.0 Å². The van der Waals surface area contributed by atoms with E-state index < -0.39 is 0 Å². The average Bonchev–Trinajstić information content (AvgIpc) is 3.28. The Kier molecular flexibility index (Phi) is 10.4. The first-order chi connectivity index (χ1) is 17.2. The first-order valence-corrected chi connectivity index (χ1v) is 13.9. The molecule has 0 radical (unpaired) electrons. The number of rotatable bonds is 6. The maximum atomic E-state index is 14.5. The number of amides is 2. The summed E-state index contributed by atoms with van der Waals surface area (Å²) in [5.41, 5.74) is 2.02. The number of carbonyl (C=O) groups excluding carboxylic acids is 2. The number of aromatic nitrogens is 2. The predicted molar refractivity (Wildman–Crippen MR) is 143 cm³/mol. The summed E-state index contributed by atoms with van der Waals surface area (Å²) in [6.07, 6.45) is 2.69. The maximum Gasteiger partial charge on any atom is 0.267 e. The zero-order chi connectivity index (χ0) is 26.2. The molecule has 2 heterocycles. The van der Waals surface area contributed by atoms with Crippen molar-refractivity contribution < 1.29 is 14.0 Å². The minimum Gasteiger partial charge on any atom is -0.333 e. The van der Waals surface area contributed by atoms with Crippen LogP contribution in [-0.2, 0) is 17.8 Å². The molecule has 36 heavy (non-hydrogen) atoms. The van der Waals surface area contributed by atoms with E-state index in [1.54, 1.807) is 15.9 Å². The highest BCUT2D eigenvalue weighted by atomic mass is 32.1. The van der Waals surface area contributed by atoms with Gasteiger partial charge >= 0.3 is 0 Å². The number of benzene rings is 1. The van der Waals surface area contributed by atoms with E-state index in [0.29, 0.717) is 53.7 Å². The van der Waals surface area contributed by atoms with Gasteiger partial charge in [0.25, 0.3) is 5.91 Å². The van der Waals surface area contributed by atoms with Crippen LogP contribution in [0.3, 0.4) is 0 Å². The second kappa shape index (κ2) is 13.2. The van der Waals surface area contributed by atoms with E-state index >= 15 is 0 Å². The second-order valence-corrected chi connectivity index (χ2v) is 11.2. The van der Waals surface area contributed by atoms with Gasteiger partial charge in [-0.05, 0) is 79.5 Å². The Morgan fingerprint density at radius 1 is 1.06 bits per heavy atom. The Labute approximate surface area is 218 Å². The van der Waals surface area contributed by atoms with Crippen LogP contribution in [0.5, 0.6) is 0 Å². The molecule has 0 saturated heterocycles. The van der Waals surface area contributed by atoms with Gasteiger partial charge in [0.1, 0.15) is 10.7 Å². The third-order valence-corrected chi connectivity index (χ3v) is 7.09. The number of hydrogen-bond acceptors (Lipinski definition) is 6. The first kappa shape index (κ1) is 28.2. The Balaban J connectivity index is 2.01. The maximum absolute atomic E-state index is 14.5. The summed E-state index contributed by atoms with van der Waals surface area (Å²) in [6.45, 7) is 14.4. The second-order valence-electron chi connectivity index (χ2n) is 10.4. The van der Waals surface area contributed by atoms with Crippen molar-refractivity contribution in [2.75, 3.05) is 37.6 Å². The summed E-state index contributed by atoms with van der Waals surface area (Å²) in [4.78, 5) is 33.5. The van der Waals surface area contributed by atoms with E-state index in [1.807, 2.05) is 20.8 Å². The van der Waals surface area contributed by atoms with Crippen molar-refractivity contribution in [3.63, 3.8) is 0 Å². The molecule has 0 N–H and O–H groups in total. The third kappa shape index (κ3) is 7.56. The van der Waals surface area contributed by atoms with Crippen LogP contribution in [0.1, 0.15) is 74.8 Å². The zero-order valence-electron chi connectivity index (χ0n) is 22.3. The lowest BCUT2D eigenvalue weighted by Crippen LogP contribution is -2.40. The molecule has 0 bridgehead atoms. The Morgan fingerprint density at radius 3 is 2.44 bits per heavy atom. The summed E-state index contributed by atoms with van der Waals surface area (Å²) in [6, 6.07) is 4.56. The van der Waals surface area contributed by atoms with Crippen LogP contribution in [0.4, 0.5) is 10.1 Å². The van der Waals surface area contributed by atoms with Gasteiger partial charge in [-0.25, -0.2) is 4.39 Å². The zero-order valence-corrected chi connectivity index (χ0v) is 23.1. The molecule has 0 fully saturated rings. The molecule has 198 valence electrons. The number of fused-ring (bicyclic) bond motifs is 1. The van der Waals surface area contributed by atoms with Crippen molar-refractivity contribution >= 4 is 29.0 Å². The molecule has 7 nitrogen and oxygen atoms in total. The highest BCUT2D eigenvalue weighted by Crippen LogP contribution is 2.27. The largest absolute Gasteiger partial charge is 0.333 e. The highest BCUT2D eigenvalue weighted by Gasteiger charge is 2.26. The van der Waals surface area contributed by atoms with Gasteiger partial charge in [-0.15, -0.1) is 5.10 Å². The lowest BCUT2D eigenvalue weighted by atomic mass is 10.1. The molecular weight excluding hydrogens is 477 g/mol. The van der Waals surface area contributed by atoms with E-state index in [9.17, 15) is 14.0 Å². The number of aryl methyl sites for hydroxylation is 1. The van der Waals surface area contributed by atoms with Gasteiger partial charge in [0.15, 0.2) is 0 Å². The van der Waals surface area contributed by atoms with Crippen LogP contribution in [-0.4, -0.2) is 63.9 Å². The minimum atomic E-state index is -0.374. The van der Waals surface area contributed by atoms with Crippen molar-refractivity contribution in [2.24, 2.45) is 11.8 Å². The molecule has 9 heteroatoms. The molecule has 1 aliphatic heterocycles. The Hall–Kier alpha value is -2.39. The summed E-state index contributed by atoms with van der Waals surface area (Å²) in [5.74, 6) is 0.257. The summed E-state index contributed by atoms with van der Waals surface area (Å²) in [7, 11) is 0. The smallest absolute Gasteiger partial charge is 0.267 e. The lowest BCUT2D eigenvalue weighted by Gasteiger charge is -2.32. The summed E-state index contributed by atoms with van der Waals surface area (Å²) in [5, 5.41) is 4.12. The number of anilines is 1. The fourth-order valence-electron chi connectivity index (χ4n) is 4.74. The van der Waals surface area contributed by atoms with E-state index in [1.165, 1.54) is 12.1 Å². The van der Waals surface area contributed by atoms with Crippen LogP contribution in [0.2, 0.25) is 0 Å². The number of halogens is 1. The molecule has 0 saturated carbocycles. The van der Waals surface area contributed by atoms with Crippen LogP contribution >= 0.6 is 11.5 Å². The number of nitrogens with zero attached hydrogens (tertiary/aromatic N) is 5. The lowest BCUT2D eigenvalue weighted by molar-refractivity contribution is -0.119. The Morgan fingerprint density at radius 2 is 1.78 bits per heavy atom.